The highest BCUT2D eigenvalue weighted by molar-refractivity contribution is 7.07. The van der Waals surface area contributed by atoms with Gasteiger partial charge in [0.05, 0.1) is 29.0 Å². The normalized spacial score (nSPS) is 15.5. The second-order valence-electron chi connectivity index (χ2n) is 8.12. The minimum Gasteiger partial charge on any atom is -0.497 e. The van der Waals surface area contributed by atoms with E-state index < -0.39 is 6.04 Å². The first-order valence-electron chi connectivity index (χ1n) is 11.0. The number of furan rings is 1. The van der Waals surface area contributed by atoms with Gasteiger partial charge in [-0.2, -0.15) is 0 Å². The van der Waals surface area contributed by atoms with Gasteiger partial charge in [-0.1, -0.05) is 41.7 Å². The van der Waals surface area contributed by atoms with Crippen molar-refractivity contribution in [3.8, 4) is 5.75 Å². The molecule has 0 spiro atoms. The standard InChI is InChI=1S/C27H23N3O4S/c1-16-9-12-21(34-16)15-22-26(32)30-24(18-10-13-20(33-3)14-11-18)23(17(2)28-27(30)35-22)25(31)29-19-7-5-4-6-8-19/h4-15,24H,1-3H3,(H,29,31). The number of anilines is 1. The molecule has 1 atom stereocenters. The van der Waals surface area contributed by atoms with Crippen LogP contribution in [0.3, 0.4) is 0 Å². The van der Waals surface area contributed by atoms with Gasteiger partial charge in [0.2, 0.25) is 0 Å². The molecule has 1 N–H and O–H groups in total. The smallest absolute Gasteiger partial charge is 0.271 e. The quantitative estimate of drug-likeness (QED) is 0.466. The Hall–Kier alpha value is -4.17. The van der Waals surface area contributed by atoms with Gasteiger partial charge in [0.15, 0.2) is 4.80 Å². The van der Waals surface area contributed by atoms with Gasteiger partial charge in [-0.3, -0.25) is 14.2 Å². The van der Waals surface area contributed by atoms with Crippen molar-refractivity contribution in [2.75, 3.05) is 12.4 Å². The van der Waals surface area contributed by atoms with Crippen LogP contribution in [-0.4, -0.2) is 17.6 Å². The third-order valence-corrected chi connectivity index (χ3v) is 6.75. The largest absolute Gasteiger partial charge is 0.497 e. The van der Waals surface area contributed by atoms with Crippen molar-refractivity contribution >= 4 is 29.0 Å². The van der Waals surface area contributed by atoms with E-state index in [2.05, 4.69) is 10.3 Å². The van der Waals surface area contributed by atoms with Gasteiger partial charge < -0.3 is 14.5 Å². The van der Waals surface area contributed by atoms with E-state index in [1.807, 2.05) is 73.7 Å². The van der Waals surface area contributed by atoms with Gasteiger partial charge in [-0.05, 0) is 55.8 Å². The van der Waals surface area contributed by atoms with Crippen LogP contribution in [0, 0.1) is 6.92 Å². The third kappa shape index (κ3) is 4.36. The fourth-order valence-electron chi connectivity index (χ4n) is 4.09. The number of nitrogens with one attached hydrogen (secondary N) is 1. The molecule has 2 aromatic carbocycles. The van der Waals surface area contributed by atoms with Crippen molar-refractivity contribution < 1.29 is 13.9 Å². The number of benzene rings is 2. The molecule has 1 amide bonds. The van der Waals surface area contributed by atoms with Crippen LogP contribution in [0.5, 0.6) is 5.75 Å². The van der Waals surface area contributed by atoms with Crippen molar-refractivity contribution in [2.45, 2.75) is 19.9 Å². The van der Waals surface area contributed by atoms with E-state index in [9.17, 15) is 9.59 Å². The number of fused-ring (bicyclic) bond motifs is 1. The monoisotopic (exact) mass is 485 g/mol. The summed E-state index contributed by atoms with van der Waals surface area (Å²) in [5.74, 6) is 1.72. The molecular formula is C27H23N3O4S. The summed E-state index contributed by atoms with van der Waals surface area (Å²) in [6.07, 6.45) is 1.71. The van der Waals surface area contributed by atoms with E-state index in [-0.39, 0.29) is 11.5 Å². The molecule has 1 aliphatic heterocycles. The molecule has 0 radical (unpaired) electrons. The molecule has 0 bridgehead atoms. The second kappa shape index (κ2) is 9.23. The molecule has 2 aromatic heterocycles. The summed E-state index contributed by atoms with van der Waals surface area (Å²) in [4.78, 5) is 32.3. The van der Waals surface area contributed by atoms with Gasteiger partial charge in [-0.15, -0.1) is 0 Å². The van der Waals surface area contributed by atoms with Crippen LogP contribution in [0.1, 0.15) is 30.0 Å². The molecule has 176 valence electrons. The molecular weight excluding hydrogens is 462 g/mol. The van der Waals surface area contributed by atoms with E-state index in [1.54, 1.807) is 24.7 Å². The Kier molecular flexibility index (Phi) is 5.96. The average molecular weight is 486 g/mol. The number of carbonyl (C=O) groups is 1. The minimum absolute atomic E-state index is 0.235. The molecule has 0 saturated heterocycles. The molecule has 0 aliphatic carbocycles. The number of hydrogen-bond acceptors (Lipinski definition) is 6. The Morgan fingerprint density at radius 3 is 2.49 bits per heavy atom. The highest BCUT2D eigenvalue weighted by atomic mass is 32.1. The number of hydrogen-bond donors (Lipinski definition) is 1. The third-order valence-electron chi connectivity index (χ3n) is 5.76. The molecule has 1 unspecified atom stereocenters. The van der Waals surface area contributed by atoms with Crippen molar-refractivity contribution in [1.82, 2.24) is 4.57 Å². The zero-order valence-electron chi connectivity index (χ0n) is 19.4. The highest BCUT2D eigenvalue weighted by Gasteiger charge is 2.32. The van der Waals surface area contributed by atoms with Gasteiger partial charge in [0, 0.05) is 11.8 Å². The fraction of sp³-hybridized carbons (Fsp3) is 0.148. The van der Waals surface area contributed by atoms with Crippen molar-refractivity contribution in [3.63, 3.8) is 0 Å². The van der Waals surface area contributed by atoms with Crippen LogP contribution in [0.25, 0.3) is 6.08 Å². The number of carbonyl (C=O) groups excluding carboxylic acids is 1. The van der Waals surface area contributed by atoms with Crippen molar-refractivity contribution in [2.24, 2.45) is 4.99 Å². The predicted octanol–water partition coefficient (Wildman–Crippen LogP) is 3.78. The molecule has 0 fully saturated rings. The number of thiazole rings is 1. The maximum absolute atomic E-state index is 13.6. The Morgan fingerprint density at radius 1 is 1.09 bits per heavy atom. The lowest BCUT2D eigenvalue weighted by atomic mass is 9.95. The van der Waals surface area contributed by atoms with Crippen LogP contribution >= 0.6 is 11.3 Å². The first kappa shape index (κ1) is 22.6. The van der Waals surface area contributed by atoms with E-state index in [0.29, 0.717) is 37.8 Å². The van der Waals surface area contributed by atoms with E-state index in [4.69, 9.17) is 9.15 Å². The molecule has 4 aromatic rings. The van der Waals surface area contributed by atoms with Crippen molar-refractivity contribution in [3.05, 3.63) is 115 Å². The number of rotatable bonds is 5. The van der Waals surface area contributed by atoms with Crippen LogP contribution in [0.4, 0.5) is 5.69 Å². The Morgan fingerprint density at radius 2 is 1.83 bits per heavy atom. The summed E-state index contributed by atoms with van der Waals surface area (Å²) in [5, 5.41) is 2.95. The molecule has 7 nitrogen and oxygen atoms in total. The lowest BCUT2D eigenvalue weighted by Gasteiger charge is -2.25. The van der Waals surface area contributed by atoms with Crippen LogP contribution in [0.2, 0.25) is 0 Å². The fourth-order valence-corrected chi connectivity index (χ4v) is 5.12. The van der Waals surface area contributed by atoms with Gasteiger partial charge in [-0.25, -0.2) is 4.99 Å². The zero-order chi connectivity index (χ0) is 24.5. The molecule has 8 heteroatoms. The first-order chi connectivity index (χ1) is 16.9. The number of methoxy groups -OCH3 is 1. The number of aryl methyl sites for hydroxylation is 1. The molecule has 1 aliphatic rings. The van der Waals surface area contributed by atoms with Gasteiger partial charge in [0.25, 0.3) is 11.5 Å². The lowest BCUT2D eigenvalue weighted by molar-refractivity contribution is -0.113. The van der Waals surface area contributed by atoms with Crippen LogP contribution in [-0.2, 0) is 4.79 Å². The maximum atomic E-state index is 13.6. The maximum Gasteiger partial charge on any atom is 0.271 e. The Labute approximate surface area is 205 Å². The molecule has 35 heavy (non-hydrogen) atoms. The number of aromatic nitrogens is 1. The molecule has 3 heterocycles. The Balaban J connectivity index is 1.67. The summed E-state index contributed by atoms with van der Waals surface area (Å²) >= 11 is 1.27. The molecule has 5 rings (SSSR count). The summed E-state index contributed by atoms with van der Waals surface area (Å²) in [7, 11) is 1.59. The van der Waals surface area contributed by atoms with Crippen LogP contribution in [0.15, 0.2) is 92.2 Å². The summed E-state index contributed by atoms with van der Waals surface area (Å²) in [6.45, 7) is 3.65. The second-order valence-corrected chi connectivity index (χ2v) is 9.13. The van der Waals surface area contributed by atoms with E-state index in [1.165, 1.54) is 11.3 Å². The SMILES string of the molecule is COc1ccc(C2C(C(=O)Nc3ccccc3)=C(C)N=c3sc(=Cc4ccc(C)o4)c(=O)n32)cc1. The van der Waals surface area contributed by atoms with E-state index >= 15 is 0 Å². The van der Waals surface area contributed by atoms with Crippen molar-refractivity contribution in [1.29, 1.82) is 0 Å². The molecule has 0 saturated carbocycles. The number of nitrogens with zero attached hydrogens (tertiary/aromatic N) is 2. The predicted molar refractivity (Wildman–Crippen MR) is 135 cm³/mol. The van der Waals surface area contributed by atoms with Gasteiger partial charge in [0.1, 0.15) is 17.3 Å². The zero-order valence-corrected chi connectivity index (χ0v) is 20.3. The van der Waals surface area contributed by atoms with E-state index in [0.717, 1.165) is 11.3 Å². The minimum atomic E-state index is -0.652. The number of ether oxygens (including phenoxy) is 1. The highest BCUT2D eigenvalue weighted by Crippen LogP contribution is 2.31. The number of para-hydroxylation sites is 1. The Bertz CT molecular complexity index is 1610. The van der Waals surface area contributed by atoms with Gasteiger partial charge >= 0.3 is 0 Å². The topological polar surface area (TPSA) is 85.8 Å². The average Bonchev–Trinajstić information content (AvgIpc) is 3.41. The first-order valence-corrected chi connectivity index (χ1v) is 11.9. The summed E-state index contributed by atoms with van der Waals surface area (Å²) < 4.78 is 13.0. The van der Waals surface area contributed by atoms with Crippen LogP contribution < -0.4 is 24.9 Å². The summed E-state index contributed by atoms with van der Waals surface area (Å²) in [6, 6.07) is 19.6. The lowest BCUT2D eigenvalue weighted by Crippen LogP contribution is -2.40. The summed E-state index contributed by atoms with van der Waals surface area (Å²) in [5.41, 5.74) is 2.17. The number of amides is 1. The number of allylic oxidation sites excluding steroid dienone is 1.